The number of fused-ring (bicyclic) bond motifs is 1. The Morgan fingerprint density at radius 2 is 1.91 bits per heavy atom. The van der Waals surface area contributed by atoms with Gasteiger partial charge in [-0.05, 0) is 37.8 Å². The predicted molar refractivity (Wildman–Crippen MR) is 91.3 cm³/mol. The minimum Gasteiger partial charge on any atom is -0.370 e. The first kappa shape index (κ1) is 15.5. The summed E-state index contributed by atoms with van der Waals surface area (Å²) in [7, 11) is 4.38. The molecule has 1 aromatic heterocycles. The number of hydrogen-bond donors (Lipinski definition) is 1. The van der Waals surface area contributed by atoms with E-state index in [1.165, 1.54) is 0 Å². The van der Waals surface area contributed by atoms with Gasteiger partial charge < -0.3 is 15.1 Å². The Morgan fingerprint density at radius 3 is 2.50 bits per heavy atom. The lowest BCUT2D eigenvalue weighted by atomic mass is 9.92. The highest BCUT2D eigenvalue weighted by Crippen LogP contribution is 2.48. The lowest BCUT2D eigenvalue weighted by Crippen LogP contribution is -2.31. The van der Waals surface area contributed by atoms with Crippen molar-refractivity contribution >= 4 is 11.6 Å². The fraction of sp³-hybridized carbons (Fsp3) is 0.765. The maximum atomic E-state index is 4.46. The van der Waals surface area contributed by atoms with E-state index in [0.717, 1.165) is 55.6 Å². The van der Waals surface area contributed by atoms with Gasteiger partial charge in [0.15, 0.2) is 0 Å². The Balaban J connectivity index is 1.55. The molecule has 1 saturated carbocycles. The van der Waals surface area contributed by atoms with Gasteiger partial charge in [0, 0.05) is 31.7 Å². The second kappa shape index (κ2) is 5.69. The highest BCUT2D eigenvalue weighted by Gasteiger charge is 2.56. The third-order valence-electron chi connectivity index (χ3n) is 4.90. The van der Waals surface area contributed by atoms with E-state index in [2.05, 4.69) is 66.0 Å². The predicted octanol–water partition coefficient (Wildman–Crippen LogP) is 2.32. The maximum absolute atomic E-state index is 4.46. The van der Waals surface area contributed by atoms with Crippen LogP contribution in [0.2, 0.25) is 0 Å². The summed E-state index contributed by atoms with van der Waals surface area (Å²) in [6.45, 7) is 10.00. The van der Waals surface area contributed by atoms with Crippen LogP contribution in [0.15, 0.2) is 12.4 Å². The third kappa shape index (κ3) is 3.35. The van der Waals surface area contributed by atoms with Crippen molar-refractivity contribution < 1.29 is 0 Å². The number of hydrogen-bond acceptors (Lipinski definition) is 5. The lowest BCUT2D eigenvalue weighted by Gasteiger charge is -2.23. The Bertz CT molecular complexity index is 510. The van der Waals surface area contributed by atoms with E-state index >= 15 is 0 Å². The van der Waals surface area contributed by atoms with Crippen LogP contribution in [0.1, 0.15) is 27.2 Å². The normalized spacial score (nSPS) is 27.2. The molecule has 122 valence electrons. The molecule has 0 aromatic carbocycles. The largest absolute Gasteiger partial charge is 0.370 e. The van der Waals surface area contributed by atoms with E-state index in [1.54, 1.807) is 6.33 Å². The molecule has 1 saturated heterocycles. The standard InChI is InChI=1S/C17H29N5/c1-17(2,3)6-7-18-14-8-15(20-11-19-14)22-9-12-13(10-22)16(12)21(4)5/h8,11-13,16H,6-7,9-10H2,1-5H3,(H,18,19,20)/t12-,13+,16-. The minimum absolute atomic E-state index is 0.348. The Morgan fingerprint density at radius 1 is 1.23 bits per heavy atom. The van der Waals surface area contributed by atoms with Gasteiger partial charge in [-0.25, -0.2) is 9.97 Å². The van der Waals surface area contributed by atoms with Crippen LogP contribution in [-0.2, 0) is 0 Å². The summed E-state index contributed by atoms with van der Waals surface area (Å²) >= 11 is 0. The quantitative estimate of drug-likeness (QED) is 0.904. The number of anilines is 2. The molecule has 0 radical (unpaired) electrons. The molecule has 1 N–H and O–H groups in total. The van der Waals surface area contributed by atoms with Crippen LogP contribution >= 0.6 is 0 Å². The fourth-order valence-corrected chi connectivity index (χ4v) is 3.63. The van der Waals surface area contributed by atoms with Crippen molar-refractivity contribution in [2.75, 3.05) is 43.9 Å². The molecule has 1 aromatic rings. The third-order valence-corrected chi connectivity index (χ3v) is 4.90. The van der Waals surface area contributed by atoms with Gasteiger partial charge in [0.05, 0.1) is 0 Å². The van der Waals surface area contributed by atoms with Gasteiger partial charge in [-0.2, -0.15) is 0 Å². The summed E-state index contributed by atoms with van der Waals surface area (Å²) < 4.78 is 0. The molecule has 22 heavy (non-hydrogen) atoms. The Labute approximate surface area is 134 Å². The smallest absolute Gasteiger partial charge is 0.134 e. The van der Waals surface area contributed by atoms with Gasteiger partial charge in [-0.1, -0.05) is 20.8 Å². The molecular weight excluding hydrogens is 274 g/mol. The summed E-state index contributed by atoms with van der Waals surface area (Å²) in [5.74, 6) is 3.65. The molecule has 0 unspecified atom stereocenters. The van der Waals surface area contributed by atoms with Gasteiger partial charge in [0.25, 0.3) is 0 Å². The van der Waals surface area contributed by atoms with Crippen molar-refractivity contribution in [2.45, 2.75) is 33.2 Å². The van der Waals surface area contributed by atoms with E-state index in [-0.39, 0.29) is 0 Å². The molecule has 1 aliphatic carbocycles. The van der Waals surface area contributed by atoms with Crippen molar-refractivity contribution in [1.82, 2.24) is 14.9 Å². The molecule has 3 rings (SSSR count). The zero-order chi connectivity index (χ0) is 15.9. The molecule has 5 heteroatoms. The maximum Gasteiger partial charge on any atom is 0.134 e. The molecule has 2 fully saturated rings. The van der Waals surface area contributed by atoms with Crippen LogP contribution in [0, 0.1) is 17.3 Å². The number of nitrogens with one attached hydrogen (secondary N) is 1. The topological polar surface area (TPSA) is 44.3 Å². The Hall–Kier alpha value is -1.36. The van der Waals surface area contributed by atoms with Crippen LogP contribution in [-0.4, -0.2) is 54.6 Å². The van der Waals surface area contributed by atoms with Crippen LogP contribution in [0.5, 0.6) is 0 Å². The zero-order valence-electron chi connectivity index (χ0n) is 14.5. The molecule has 0 bridgehead atoms. The number of aromatic nitrogens is 2. The molecule has 1 aliphatic heterocycles. The van der Waals surface area contributed by atoms with Crippen molar-refractivity contribution in [3.8, 4) is 0 Å². The summed E-state index contributed by atoms with van der Waals surface area (Å²) in [6, 6.07) is 2.88. The average molecular weight is 303 g/mol. The van der Waals surface area contributed by atoms with Gasteiger partial charge in [0.2, 0.25) is 0 Å². The number of nitrogens with zero attached hydrogens (tertiary/aromatic N) is 4. The van der Waals surface area contributed by atoms with E-state index in [1.807, 2.05) is 0 Å². The zero-order valence-corrected chi connectivity index (χ0v) is 14.5. The van der Waals surface area contributed by atoms with Crippen molar-refractivity contribution in [1.29, 1.82) is 0 Å². The number of rotatable bonds is 5. The van der Waals surface area contributed by atoms with E-state index in [4.69, 9.17) is 0 Å². The highest BCUT2D eigenvalue weighted by molar-refractivity contribution is 5.50. The molecule has 0 amide bonds. The van der Waals surface area contributed by atoms with Gasteiger partial charge >= 0.3 is 0 Å². The van der Waals surface area contributed by atoms with Crippen LogP contribution in [0.4, 0.5) is 11.6 Å². The molecule has 2 heterocycles. The SMILES string of the molecule is CN(C)[C@@H]1[C@@H]2CN(c3cc(NCCC(C)(C)C)ncn3)C[C@@H]21. The van der Waals surface area contributed by atoms with Gasteiger partial charge in [-0.15, -0.1) is 0 Å². The Kier molecular flexibility index (Phi) is 4.02. The van der Waals surface area contributed by atoms with Crippen LogP contribution < -0.4 is 10.2 Å². The summed E-state index contributed by atoms with van der Waals surface area (Å²) in [6.07, 6.45) is 2.81. The van der Waals surface area contributed by atoms with Crippen molar-refractivity contribution in [3.63, 3.8) is 0 Å². The highest BCUT2D eigenvalue weighted by atomic mass is 15.3. The van der Waals surface area contributed by atoms with Crippen molar-refractivity contribution in [3.05, 3.63) is 12.4 Å². The fourth-order valence-electron chi connectivity index (χ4n) is 3.63. The van der Waals surface area contributed by atoms with Crippen molar-refractivity contribution in [2.24, 2.45) is 17.3 Å². The second-order valence-electron chi connectivity index (χ2n) is 8.19. The van der Waals surface area contributed by atoms with E-state index in [0.29, 0.717) is 5.41 Å². The molecule has 0 spiro atoms. The first-order chi connectivity index (χ1) is 10.3. The average Bonchev–Trinajstić information content (AvgIpc) is 2.94. The van der Waals surface area contributed by atoms with E-state index < -0.39 is 0 Å². The second-order valence-corrected chi connectivity index (χ2v) is 8.19. The van der Waals surface area contributed by atoms with E-state index in [9.17, 15) is 0 Å². The summed E-state index contributed by atoms with van der Waals surface area (Å²) in [5, 5.41) is 3.43. The van der Waals surface area contributed by atoms with Crippen LogP contribution in [0.3, 0.4) is 0 Å². The van der Waals surface area contributed by atoms with Gasteiger partial charge in [-0.3, -0.25) is 0 Å². The first-order valence-corrected chi connectivity index (χ1v) is 8.32. The monoisotopic (exact) mass is 303 g/mol. The summed E-state index contributed by atoms with van der Waals surface area (Å²) in [4.78, 5) is 13.6. The first-order valence-electron chi connectivity index (χ1n) is 8.32. The van der Waals surface area contributed by atoms with Crippen LogP contribution in [0.25, 0.3) is 0 Å². The number of piperidine rings is 1. The molecular formula is C17H29N5. The molecule has 5 nitrogen and oxygen atoms in total. The minimum atomic E-state index is 0.348. The molecule has 3 atom stereocenters. The summed E-state index contributed by atoms with van der Waals surface area (Å²) in [5.41, 5.74) is 0.348. The van der Waals surface area contributed by atoms with Gasteiger partial charge in [0.1, 0.15) is 18.0 Å². The lowest BCUT2D eigenvalue weighted by molar-refractivity contribution is 0.356. The molecule has 2 aliphatic rings.